The van der Waals surface area contributed by atoms with Crippen LogP contribution in [0.3, 0.4) is 0 Å². The first-order valence-corrected chi connectivity index (χ1v) is 9.35. The van der Waals surface area contributed by atoms with E-state index in [1.165, 1.54) is 0 Å². The van der Waals surface area contributed by atoms with Gasteiger partial charge >= 0.3 is 0 Å². The van der Waals surface area contributed by atoms with Crippen molar-refractivity contribution in [2.24, 2.45) is 0 Å². The van der Waals surface area contributed by atoms with Crippen LogP contribution in [-0.2, 0) is 11.2 Å². The quantitative estimate of drug-likeness (QED) is 0.739. The van der Waals surface area contributed by atoms with E-state index in [1.807, 2.05) is 48.5 Å². The zero-order valence-corrected chi connectivity index (χ0v) is 15.5. The van der Waals surface area contributed by atoms with Gasteiger partial charge in [0.2, 0.25) is 11.9 Å². The zero-order valence-electron chi connectivity index (χ0n) is 15.5. The average Bonchev–Trinajstić information content (AvgIpc) is 2.76. The van der Waals surface area contributed by atoms with Crippen LogP contribution in [0, 0.1) is 0 Å². The molecule has 3 aromatic rings. The Balaban J connectivity index is 1.31. The van der Waals surface area contributed by atoms with Crippen LogP contribution in [0.1, 0.15) is 5.56 Å². The van der Waals surface area contributed by atoms with E-state index < -0.39 is 0 Å². The van der Waals surface area contributed by atoms with E-state index >= 15 is 0 Å². The number of carbonyl (C=O) groups is 1. The number of carbonyl (C=O) groups excluding carboxylic acids is 1. The van der Waals surface area contributed by atoms with E-state index in [4.69, 9.17) is 0 Å². The van der Waals surface area contributed by atoms with E-state index in [9.17, 15) is 4.79 Å². The standard InChI is InChI=1S/C21H22N6O/c28-20(15-17-5-2-1-3-6-17)25-18-7-8-19(24-16-18)26-11-13-27(14-12-26)21-22-9-4-10-23-21/h1-10,16H,11-15H2,(H,25,28). The van der Waals surface area contributed by atoms with E-state index in [2.05, 4.69) is 30.1 Å². The highest BCUT2D eigenvalue weighted by atomic mass is 16.1. The molecule has 1 saturated heterocycles. The Morgan fingerprint density at radius 3 is 2.25 bits per heavy atom. The molecule has 7 heteroatoms. The number of anilines is 3. The fourth-order valence-corrected chi connectivity index (χ4v) is 3.22. The van der Waals surface area contributed by atoms with Crippen molar-refractivity contribution in [3.63, 3.8) is 0 Å². The number of rotatable bonds is 5. The Hall–Kier alpha value is -3.48. The van der Waals surface area contributed by atoms with Gasteiger partial charge in [0.05, 0.1) is 18.3 Å². The van der Waals surface area contributed by atoms with E-state index in [0.29, 0.717) is 12.1 Å². The van der Waals surface area contributed by atoms with Crippen molar-refractivity contribution in [1.29, 1.82) is 0 Å². The fraction of sp³-hybridized carbons (Fsp3) is 0.238. The lowest BCUT2D eigenvalue weighted by atomic mass is 10.1. The number of hydrogen-bond donors (Lipinski definition) is 1. The highest BCUT2D eigenvalue weighted by molar-refractivity contribution is 5.92. The molecule has 1 fully saturated rings. The minimum atomic E-state index is -0.0442. The number of nitrogens with zero attached hydrogens (tertiary/aromatic N) is 5. The zero-order chi connectivity index (χ0) is 19.2. The molecule has 1 aromatic carbocycles. The van der Waals surface area contributed by atoms with Crippen LogP contribution in [0.15, 0.2) is 67.1 Å². The van der Waals surface area contributed by atoms with E-state index in [0.717, 1.165) is 43.5 Å². The number of aromatic nitrogens is 3. The topological polar surface area (TPSA) is 74.2 Å². The number of piperazine rings is 1. The number of hydrogen-bond acceptors (Lipinski definition) is 6. The smallest absolute Gasteiger partial charge is 0.228 e. The van der Waals surface area contributed by atoms with Crippen molar-refractivity contribution in [2.75, 3.05) is 41.3 Å². The third kappa shape index (κ3) is 4.43. The molecule has 0 saturated carbocycles. The SMILES string of the molecule is O=C(Cc1ccccc1)Nc1ccc(N2CCN(c3ncccn3)CC2)nc1. The highest BCUT2D eigenvalue weighted by Crippen LogP contribution is 2.18. The Morgan fingerprint density at radius 1 is 0.857 bits per heavy atom. The van der Waals surface area contributed by atoms with Crippen LogP contribution in [0.25, 0.3) is 0 Å². The first-order valence-electron chi connectivity index (χ1n) is 9.35. The summed E-state index contributed by atoms with van der Waals surface area (Å²) < 4.78 is 0. The molecule has 1 aliphatic rings. The number of benzene rings is 1. The van der Waals surface area contributed by atoms with Gasteiger partial charge in [-0.05, 0) is 23.8 Å². The van der Waals surface area contributed by atoms with Crippen LogP contribution in [0.4, 0.5) is 17.5 Å². The van der Waals surface area contributed by atoms with Crippen molar-refractivity contribution >= 4 is 23.4 Å². The lowest BCUT2D eigenvalue weighted by Crippen LogP contribution is -2.47. The van der Waals surface area contributed by atoms with Crippen molar-refractivity contribution in [2.45, 2.75) is 6.42 Å². The molecular weight excluding hydrogens is 352 g/mol. The maximum Gasteiger partial charge on any atom is 0.228 e. The summed E-state index contributed by atoms with van der Waals surface area (Å²) >= 11 is 0. The van der Waals surface area contributed by atoms with Gasteiger partial charge in [-0.15, -0.1) is 0 Å². The molecule has 28 heavy (non-hydrogen) atoms. The summed E-state index contributed by atoms with van der Waals surface area (Å²) in [5.74, 6) is 1.64. The molecule has 4 rings (SSSR count). The van der Waals surface area contributed by atoms with Crippen LogP contribution in [-0.4, -0.2) is 47.0 Å². The molecule has 0 bridgehead atoms. The predicted octanol–water partition coefficient (Wildman–Crippen LogP) is 2.38. The molecular formula is C21H22N6O. The summed E-state index contributed by atoms with van der Waals surface area (Å²) in [6.07, 6.45) is 5.60. The second-order valence-corrected chi connectivity index (χ2v) is 6.64. The molecule has 1 aliphatic heterocycles. The first-order chi connectivity index (χ1) is 13.8. The third-order valence-electron chi connectivity index (χ3n) is 4.68. The molecule has 0 unspecified atom stereocenters. The predicted molar refractivity (Wildman–Crippen MR) is 109 cm³/mol. The largest absolute Gasteiger partial charge is 0.353 e. The van der Waals surface area contributed by atoms with Gasteiger partial charge in [0.15, 0.2) is 0 Å². The van der Waals surface area contributed by atoms with Gasteiger partial charge in [0.1, 0.15) is 5.82 Å². The first kappa shape index (κ1) is 17.9. The molecule has 0 atom stereocenters. The van der Waals surface area contributed by atoms with Gasteiger partial charge in [0.25, 0.3) is 0 Å². The Bertz CT molecular complexity index is 893. The lowest BCUT2D eigenvalue weighted by molar-refractivity contribution is -0.115. The Morgan fingerprint density at radius 2 is 1.57 bits per heavy atom. The number of pyridine rings is 1. The van der Waals surface area contributed by atoms with Crippen LogP contribution in [0.5, 0.6) is 0 Å². The van der Waals surface area contributed by atoms with Crippen molar-refractivity contribution in [3.8, 4) is 0 Å². The van der Waals surface area contributed by atoms with Crippen LogP contribution >= 0.6 is 0 Å². The van der Waals surface area contributed by atoms with Gasteiger partial charge < -0.3 is 15.1 Å². The molecule has 1 N–H and O–H groups in total. The van der Waals surface area contributed by atoms with Gasteiger partial charge in [0, 0.05) is 38.6 Å². The summed E-state index contributed by atoms with van der Waals surface area (Å²) in [5.41, 5.74) is 1.70. The lowest BCUT2D eigenvalue weighted by Gasteiger charge is -2.35. The minimum Gasteiger partial charge on any atom is -0.353 e. The van der Waals surface area contributed by atoms with Crippen LogP contribution in [0.2, 0.25) is 0 Å². The summed E-state index contributed by atoms with van der Waals surface area (Å²) in [6, 6.07) is 15.4. The molecule has 1 amide bonds. The summed E-state index contributed by atoms with van der Waals surface area (Å²) in [5, 5.41) is 2.90. The van der Waals surface area contributed by atoms with Crippen molar-refractivity contribution in [1.82, 2.24) is 15.0 Å². The molecule has 2 aromatic heterocycles. The van der Waals surface area contributed by atoms with Gasteiger partial charge in [-0.3, -0.25) is 4.79 Å². The van der Waals surface area contributed by atoms with Gasteiger partial charge in [-0.25, -0.2) is 15.0 Å². The van der Waals surface area contributed by atoms with E-state index in [-0.39, 0.29) is 5.91 Å². The van der Waals surface area contributed by atoms with Gasteiger partial charge in [-0.1, -0.05) is 30.3 Å². The molecule has 3 heterocycles. The monoisotopic (exact) mass is 374 g/mol. The second kappa shape index (κ2) is 8.47. The molecule has 142 valence electrons. The summed E-state index contributed by atoms with van der Waals surface area (Å²) in [4.78, 5) is 29.7. The van der Waals surface area contributed by atoms with E-state index in [1.54, 1.807) is 18.6 Å². The van der Waals surface area contributed by atoms with Crippen molar-refractivity contribution in [3.05, 3.63) is 72.7 Å². The minimum absolute atomic E-state index is 0.0442. The summed E-state index contributed by atoms with van der Waals surface area (Å²) in [7, 11) is 0. The third-order valence-corrected chi connectivity index (χ3v) is 4.68. The van der Waals surface area contributed by atoms with Crippen LogP contribution < -0.4 is 15.1 Å². The highest BCUT2D eigenvalue weighted by Gasteiger charge is 2.19. The average molecular weight is 374 g/mol. The Kier molecular flexibility index (Phi) is 5.42. The summed E-state index contributed by atoms with van der Waals surface area (Å²) in [6.45, 7) is 3.40. The molecule has 0 radical (unpaired) electrons. The normalized spacial score (nSPS) is 14.0. The second-order valence-electron chi connectivity index (χ2n) is 6.64. The number of amides is 1. The van der Waals surface area contributed by atoms with Crippen molar-refractivity contribution < 1.29 is 4.79 Å². The Labute approximate surface area is 164 Å². The molecule has 7 nitrogen and oxygen atoms in total. The maximum absolute atomic E-state index is 12.2. The fourth-order valence-electron chi connectivity index (χ4n) is 3.22. The van der Waals surface area contributed by atoms with Gasteiger partial charge in [-0.2, -0.15) is 0 Å². The molecule has 0 spiro atoms. The molecule has 0 aliphatic carbocycles. The maximum atomic E-state index is 12.2. The number of nitrogens with one attached hydrogen (secondary N) is 1.